The fourth-order valence-corrected chi connectivity index (χ4v) is 2.07. The topological polar surface area (TPSA) is 21.3 Å². The van der Waals surface area contributed by atoms with Crippen LogP contribution in [0, 0.1) is 11.7 Å². The molecule has 3 heteroatoms. The molecule has 0 fully saturated rings. The van der Waals surface area contributed by atoms with E-state index in [4.69, 9.17) is 4.74 Å². The third kappa shape index (κ3) is 4.10. The van der Waals surface area contributed by atoms with Crippen LogP contribution in [0.3, 0.4) is 0 Å². The maximum absolute atomic E-state index is 13.8. The second kappa shape index (κ2) is 7.41. The van der Waals surface area contributed by atoms with Gasteiger partial charge in [0.25, 0.3) is 0 Å². The van der Waals surface area contributed by atoms with Gasteiger partial charge < -0.3 is 10.1 Å². The van der Waals surface area contributed by atoms with Crippen LogP contribution in [0.5, 0.6) is 0 Å². The van der Waals surface area contributed by atoms with E-state index in [0.717, 1.165) is 18.7 Å². The minimum absolute atomic E-state index is 0.127. The molecule has 1 aromatic carbocycles. The van der Waals surface area contributed by atoms with Crippen molar-refractivity contribution in [3.8, 4) is 0 Å². The Morgan fingerprint density at radius 2 is 2.06 bits per heavy atom. The molecule has 0 aliphatic heterocycles. The van der Waals surface area contributed by atoms with Crippen LogP contribution < -0.4 is 5.32 Å². The zero-order valence-corrected chi connectivity index (χ0v) is 10.9. The average Bonchev–Trinajstić information content (AvgIpc) is 2.32. The van der Waals surface area contributed by atoms with Gasteiger partial charge in [0.2, 0.25) is 0 Å². The number of likely N-dealkylation sites (N-methyl/N-ethyl adjacent to an activating group) is 1. The molecule has 1 N–H and O–H groups in total. The number of rotatable bonds is 7. The summed E-state index contributed by atoms with van der Waals surface area (Å²) >= 11 is 0. The Kier molecular flexibility index (Phi) is 6.16. The molecule has 0 heterocycles. The molecule has 17 heavy (non-hydrogen) atoms. The summed E-state index contributed by atoms with van der Waals surface area (Å²) in [7, 11) is 1.68. The monoisotopic (exact) mass is 239 g/mol. The van der Waals surface area contributed by atoms with Gasteiger partial charge in [0, 0.05) is 26.2 Å². The number of methoxy groups -OCH3 is 1. The molecule has 0 aliphatic rings. The molecule has 0 amide bonds. The summed E-state index contributed by atoms with van der Waals surface area (Å²) in [6.45, 7) is 6.47. The largest absolute Gasteiger partial charge is 0.384 e. The second-order valence-corrected chi connectivity index (χ2v) is 4.37. The van der Waals surface area contributed by atoms with Crippen molar-refractivity contribution in [2.24, 2.45) is 5.92 Å². The predicted molar refractivity (Wildman–Crippen MR) is 68.7 cm³/mol. The van der Waals surface area contributed by atoms with E-state index in [0.29, 0.717) is 6.61 Å². The van der Waals surface area contributed by atoms with Crippen LogP contribution in [-0.4, -0.2) is 26.8 Å². The summed E-state index contributed by atoms with van der Waals surface area (Å²) in [4.78, 5) is 0. The fourth-order valence-electron chi connectivity index (χ4n) is 2.07. The summed E-state index contributed by atoms with van der Waals surface area (Å²) in [6.07, 6.45) is 0. The highest BCUT2D eigenvalue weighted by atomic mass is 19.1. The van der Waals surface area contributed by atoms with Gasteiger partial charge in [-0.3, -0.25) is 0 Å². The van der Waals surface area contributed by atoms with Crippen molar-refractivity contribution in [1.82, 2.24) is 5.32 Å². The molecule has 0 spiro atoms. The average molecular weight is 239 g/mol. The van der Waals surface area contributed by atoms with Gasteiger partial charge in [0.05, 0.1) is 0 Å². The van der Waals surface area contributed by atoms with E-state index in [2.05, 4.69) is 19.2 Å². The highest BCUT2D eigenvalue weighted by Crippen LogP contribution is 2.26. The van der Waals surface area contributed by atoms with Crippen LogP contribution in [0.2, 0.25) is 0 Å². The van der Waals surface area contributed by atoms with Crippen LogP contribution in [0.4, 0.5) is 4.39 Å². The fraction of sp³-hybridized carbons (Fsp3) is 0.571. The maximum Gasteiger partial charge on any atom is 0.126 e. The first-order valence-electron chi connectivity index (χ1n) is 6.14. The molecule has 0 saturated heterocycles. The van der Waals surface area contributed by atoms with Gasteiger partial charge in [-0.1, -0.05) is 32.0 Å². The standard InChI is InChI=1S/C14H22FNO/c1-4-16-9-13(11(2)10-17-3)12-7-5-6-8-14(12)15/h5-8,11,13,16H,4,9-10H2,1-3H3. The van der Waals surface area contributed by atoms with Crippen molar-refractivity contribution in [3.63, 3.8) is 0 Å². The lowest BCUT2D eigenvalue weighted by Crippen LogP contribution is -2.28. The molecule has 0 radical (unpaired) electrons. The Morgan fingerprint density at radius 1 is 1.35 bits per heavy atom. The van der Waals surface area contributed by atoms with Crippen LogP contribution in [0.1, 0.15) is 25.3 Å². The van der Waals surface area contributed by atoms with Crippen LogP contribution in [-0.2, 0) is 4.74 Å². The van der Waals surface area contributed by atoms with E-state index >= 15 is 0 Å². The first-order chi connectivity index (χ1) is 8.20. The minimum Gasteiger partial charge on any atom is -0.384 e. The lowest BCUT2D eigenvalue weighted by molar-refractivity contribution is 0.145. The third-order valence-electron chi connectivity index (χ3n) is 3.04. The first-order valence-corrected chi connectivity index (χ1v) is 6.14. The number of ether oxygens (including phenoxy) is 1. The van der Waals surface area contributed by atoms with E-state index < -0.39 is 0 Å². The Morgan fingerprint density at radius 3 is 2.65 bits per heavy atom. The van der Waals surface area contributed by atoms with E-state index in [1.165, 1.54) is 6.07 Å². The van der Waals surface area contributed by atoms with Gasteiger partial charge in [-0.05, 0) is 24.1 Å². The molecule has 0 saturated carbocycles. The molecule has 1 rings (SSSR count). The van der Waals surface area contributed by atoms with Crippen molar-refractivity contribution in [3.05, 3.63) is 35.6 Å². The zero-order chi connectivity index (χ0) is 12.7. The van der Waals surface area contributed by atoms with E-state index in [1.807, 2.05) is 12.1 Å². The minimum atomic E-state index is -0.127. The summed E-state index contributed by atoms with van der Waals surface area (Å²) in [5.41, 5.74) is 0.776. The molecule has 2 nitrogen and oxygen atoms in total. The third-order valence-corrected chi connectivity index (χ3v) is 3.04. The predicted octanol–water partition coefficient (Wildman–Crippen LogP) is 2.80. The Bertz CT molecular complexity index is 330. The highest BCUT2D eigenvalue weighted by Gasteiger charge is 2.21. The lowest BCUT2D eigenvalue weighted by atomic mass is 9.87. The van der Waals surface area contributed by atoms with Crippen molar-refractivity contribution in [2.75, 3.05) is 26.8 Å². The molecule has 2 unspecified atom stereocenters. The highest BCUT2D eigenvalue weighted by molar-refractivity contribution is 5.22. The molecular weight excluding hydrogens is 217 g/mol. The number of halogens is 1. The number of hydrogen-bond donors (Lipinski definition) is 1. The molecule has 0 aromatic heterocycles. The smallest absolute Gasteiger partial charge is 0.126 e. The number of hydrogen-bond acceptors (Lipinski definition) is 2. The van der Waals surface area contributed by atoms with Crippen molar-refractivity contribution in [2.45, 2.75) is 19.8 Å². The Balaban J connectivity index is 2.85. The zero-order valence-electron chi connectivity index (χ0n) is 10.9. The van der Waals surface area contributed by atoms with Crippen molar-refractivity contribution in [1.29, 1.82) is 0 Å². The summed E-state index contributed by atoms with van der Waals surface area (Å²) in [6, 6.07) is 7.00. The van der Waals surface area contributed by atoms with Gasteiger partial charge in [0.15, 0.2) is 0 Å². The summed E-state index contributed by atoms with van der Waals surface area (Å²) in [5, 5.41) is 3.29. The summed E-state index contributed by atoms with van der Waals surface area (Å²) < 4.78 is 19.0. The van der Waals surface area contributed by atoms with Gasteiger partial charge >= 0.3 is 0 Å². The maximum atomic E-state index is 13.8. The van der Waals surface area contributed by atoms with E-state index in [-0.39, 0.29) is 17.7 Å². The second-order valence-electron chi connectivity index (χ2n) is 4.37. The molecular formula is C14H22FNO. The van der Waals surface area contributed by atoms with Gasteiger partial charge in [-0.15, -0.1) is 0 Å². The van der Waals surface area contributed by atoms with Gasteiger partial charge in [-0.25, -0.2) is 4.39 Å². The number of nitrogens with one attached hydrogen (secondary N) is 1. The van der Waals surface area contributed by atoms with E-state index in [1.54, 1.807) is 13.2 Å². The SMILES string of the molecule is CCNCC(c1ccccc1F)C(C)COC. The van der Waals surface area contributed by atoms with Crippen molar-refractivity contribution < 1.29 is 9.13 Å². The lowest BCUT2D eigenvalue weighted by Gasteiger charge is -2.24. The van der Waals surface area contributed by atoms with Gasteiger partial charge in [0.1, 0.15) is 5.82 Å². The molecule has 0 bridgehead atoms. The van der Waals surface area contributed by atoms with Crippen LogP contribution in [0.15, 0.2) is 24.3 Å². The molecule has 2 atom stereocenters. The van der Waals surface area contributed by atoms with Crippen LogP contribution >= 0.6 is 0 Å². The Labute approximate surface area is 103 Å². The van der Waals surface area contributed by atoms with Gasteiger partial charge in [-0.2, -0.15) is 0 Å². The molecule has 96 valence electrons. The first kappa shape index (κ1) is 14.1. The van der Waals surface area contributed by atoms with Crippen LogP contribution in [0.25, 0.3) is 0 Å². The molecule has 0 aliphatic carbocycles. The summed E-state index contributed by atoms with van der Waals surface area (Å²) in [5.74, 6) is 0.311. The number of benzene rings is 1. The van der Waals surface area contributed by atoms with Crippen molar-refractivity contribution >= 4 is 0 Å². The van der Waals surface area contributed by atoms with E-state index in [9.17, 15) is 4.39 Å². The normalized spacial score (nSPS) is 14.6. The molecule has 1 aromatic rings. The quantitative estimate of drug-likeness (QED) is 0.790. The Hall–Kier alpha value is -0.930.